The number of nitriles is 1. The van der Waals surface area contributed by atoms with Crippen LogP contribution in [0.15, 0.2) is 24.3 Å². The van der Waals surface area contributed by atoms with Crippen molar-refractivity contribution in [3.05, 3.63) is 35.6 Å². The number of hydrogen-bond acceptors (Lipinski definition) is 1. The van der Waals surface area contributed by atoms with Crippen molar-refractivity contribution < 1.29 is 4.39 Å². The lowest BCUT2D eigenvalue weighted by Gasteiger charge is -2.28. The fraction of sp³-hybridized carbons (Fsp3) is 0.562. The summed E-state index contributed by atoms with van der Waals surface area (Å²) < 4.78 is 12.9. The molecule has 0 atom stereocenters. The van der Waals surface area contributed by atoms with Crippen LogP contribution in [0.25, 0.3) is 0 Å². The Balaban J connectivity index is 2.11. The van der Waals surface area contributed by atoms with Crippen LogP contribution < -0.4 is 0 Å². The fourth-order valence-electron chi connectivity index (χ4n) is 2.90. The highest BCUT2D eigenvalue weighted by Crippen LogP contribution is 2.36. The Kier molecular flexibility index (Phi) is 4.36. The maximum absolute atomic E-state index is 12.9. The Hall–Kier alpha value is -1.36. The third kappa shape index (κ3) is 3.32. The van der Waals surface area contributed by atoms with Crippen molar-refractivity contribution in [1.82, 2.24) is 0 Å². The third-order valence-corrected chi connectivity index (χ3v) is 4.00. The van der Waals surface area contributed by atoms with E-state index >= 15 is 0 Å². The topological polar surface area (TPSA) is 23.8 Å². The van der Waals surface area contributed by atoms with E-state index < -0.39 is 0 Å². The van der Waals surface area contributed by atoms with Crippen LogP contribution in [0.3, 0.4) is 0 Å². The van der Waals surface area contributed by atoms with Crippen LogP contribution in [-0.2, 0) is 6.42 Å². The highest BCUT2D eigenvalue weighted by atomic mass is 19.1. The summed E-state index contributed by atoms with van der Waals surface area (Å²) in [5, 5.41) is 9.55. The summed E-state index contributed by atoms with van der Waals surface area (Å²) in [6.07, 6.45) is 8.83. The SMILES string of the molecule is N#CC1(Cc2ccc(F)cc2)CCCCCCC1. The molecule has 0 saturated heterocycles. The molecular formula is C16H20FN. The normalized spacial score (nSPS) is 19.6. The Bertz CT molecular complexity index is 408. The second-order valence-corrected chi connectivity index (χ2v) is 5.46. The molecule has 18 heavy (non-hydrogen) atoms. The maximum Gasteiger partial charge on any atom is 0.123 e. The minimum Gasteiger partial charge on any atom is -0.207 e. The number of hydrogen-bond donors (Lipinski definition) is 0. The standard InChI is InChI=1S/C16H20FN/c17-15-8-6-14(7-9-15)12-16(13-18)10-4-2-1-3-5-11-16/h6-9H,1-5,10-12H2. The minimum atomic E-state index is -0.224. The molecule has 0 radical (unpaired) electrons. The van der Waals surface area contributed by atoms with E-state index in [4.69, 9.17) is 0 Å². The monoisotopic (exact) mass is 245 g/mol. The van der Waals surface area contributed by atoms with E-state index in [-0.39, 0.29) is 11.2 Å². The predicted molar refractivity (Wildman–Crippen MR) is 70.5 cm³/mol. The molecule has 0 aliphatic heterocycles. The first kappa shape index (κ1) is 13.1. The molecular weight excluding hydrogens is 225 g/mol. The Morgan fingerprint density at radius 3 is 2.11 bits per heavy atom. The van der Waals surface area contributed by atoms with E-state index in [9.17, 15) is 9.65 Å². The molecule has 0 amide bonds. The van der Waals surface area contributed by atoms with Gasteiger partial charge >= 0.3 is 0 Å². The lowest BCUT2D eigenvalue weighted by molar-refractivity contribution is 0.287. The van der Waals surface area contributed by atoms with Gasteiger partial charge in [-0.2, -0.15) is 5.26 Å². The molecule has 1 nitrogen and oxygen atoms in total. The van der Waals surface area contributed by atoms with Gasteiger partial charge in [-0.25, -0.2) is 4.39 Å². The van der Waals surface area contributed by atoms with Gasteiger partial charge in [0.2, 0.25) is 0 Å². The highest BCUT2D eigenvalue weighted by Gasteiger charge is 2.30. The molecule has 0 N–H and O–H groups in total. The van der Waals surface area contributed by atoms with Crippen molar-refractivity contribution in [2.45, 2.75) is 51.4 Å². The first-order valence-electron chi connectivity index (χ1n) is 6.90. The summed E-state index contributed by atoms with van der Waals surface area (Å²) in [6.45, 7) is 0. The fourth-order valence-corrected chi connectivity index (χ4v) is 2.90. The smallest absolute Gasteiger partial charge is 0.123 e. The molecule has 0 aromatic heterocycles. The molecule has 0 spiro atoms. The molecule has 2 heteroatoms. The Morgan fingerprint density at radius 1 is 1.00 bits per heavy atom. The second kappa shape index (κ2) is 6.00. The molecule has 1 aliphatic carbocycles. The van der Waals surface area contributed by atoms with Crippen LogP contribution in [0.4, 0.5) is 4.39 Å². The van der Waals surface area contributed by atoms with Gasteiger partial charge in [0.1, 0.15) is 5.82 Å². The van der Waals surface area contributed by atoms with Gasteiger partial charge in [0.25, 0.3) is 0 Å². The summed E-state index contributed by atoms with van der Waals surface area (Å²) in [4.78, 5) is 0. The molecule has 0 unspecified atom stereocenters. The van der Waals surface area contributed by atoms with Gasteiger partial charge in [0, 0.05) is 0 Å². The van der Waals surface area contributed by atoms with E-state index in [1.54, 1.807) is 0 Å². The van der Waals surface area contributed by atoms with Gasteiger partial charge in [0.05, 0.1) is 11.5 Å². The van der Waals surface area contributed by atoms with Crippen LogP contribution in [0, 0.1) is 22.6 Å². The molecule has 1 saturated carbocycles. The van der Waals surface area contributed by atoms with E-state index in [0.29, 0.717) is 0 Å². The summed E-state index contributed by atoms with van der Waals surface area (Å²) in [5.74, 6) is -0.206. The third-order valence-electron chi connectivity index (χ3n) is 4.00. The number of halogens is 1. The van der Waals surface area contributed by atoms with Crippen molar-refractivity contribution in [2.24, 2.45) is 5.41 Å². The van der Waals surface area contributed by atoms with Gasteiger partial charge in [0.15, 0.2) is 0 Å². The molecule has 96 valence electrons. The van der Waals surface area contributed by atoms with E-state index in [1.165, 1.54) is 31.4 Å². The number of nitrogens with zero attached hydrogens (tertiary/aromatic N) is 1. The predicted octanol–water partition coefficient (Wildman–Crippen LogP) is 4.62. The molecule has 0 heterocycles. The van der Waals surface area contributed by atoms with Crippen molar-refractivity contribution in [3.63, 3.8) is 0 Å². The first-order chi connectivity index (χ1) is 8.74. The lowest BCUT2D eigenvalue weighted by atomic mass is 9.73. The molecule has 1 aliphatic rings. The first-order valence-corrected chi connectivity index (χ1v) is 6.90. The van der Waals surface area contributed by atoms with Gasteiger partial charge in [-0.05, 0) is 37.0 Å². The van der Waals surface area contributed by atoms with Gasteiger partial charge in [-0.1, -0.05) is 44.2 Å². The van der Waals surface area contributed by atoms with Gasteiger partial charge in [-0.3, -0.25) is 0 Å². The molecule has 1 fully saturated rings. The largest absolute Gasteiger partial charge is 0.207 e. The lowest BCUT2D eigenvalue weighted by Crippen LogP contribution is -2.23. The maximum atomic E-state index is 12.9. The van der Waals surface area contributed by atoms with Gasteiger partial charge in [-0.15, -0.1) is 0 Å². The zero-order chi connectivity index (χ0) is 12.8. The van der Waals surface area contributed by atoms with E-state index in [2.05, 4.69) is 6.07 Å². The quantitative estimate of drug-likeness (QED) is 0.745. The van der Waals surface area contributed by atoms with Crippen LogP contribution in [-0.4, -0.2) is 0 Å². The van der Waals surface area contributed by atoms with Crippen molar-refractivity contribution in [3.8, 4) is 6.07 Å². The molecule has 2 rings (SSSR count). The van der Waals surface area contributed by atoms with Crippen molar-refractivity contribution >= 4 is 0 Å². The van der Waals surface area contributed by atoms with E-state index in [0.717, 1.165) is 37.7 Å². The number of rotatable bonds is 2. The summed E-state index contributed by atoms with van der Waals surface area (Å²) in [5.41, 5.74) is 0.858. The number of benzene rings is 1. The summed E-state index contributed by atoms with van der Waals surface area (Å²) >= 11 is 0. The van der Waals surface area contributed by atoms with E-state index in [1.807, 2.05) is 12.1 Å². The Labute approximate surface area is 109 Å². The van der Waals surface area contributed by atoms with Crippen LogP contribution in [0.5, 0.6) is 0 Å². The minimum absolute atomic E-state index is 0.206. The van der Waals surface area contributed by atoms with Crippen LogP contribution >= 0.6 is 0 Å². The Morgan fingerprint density at radius 2 is 1.56 bits per heavy atom. The molecule has 0 bridgehead atoms. The zero-order valence-electron chi connectivity index (χ0n) is 10.8. The average molecular weight is 245 g/mol. The summed E-state index contributed by atoms with van der Waals surface area (Å²) in [6, 6.07) is 9.16. The molecule has 1 aromatic carbocycles. The highest BCUT2D eigenvalue weighted by molar-refractivity contribution is 5.20. The average Bonchev–Trinajstić information content (AvgIpc) is 2.36. The van der Waals surface area contributed by atoms with Crippen LogP contribution in [0.2, 0.25) is 0 Å². The van der Waals surface area contributed by atoms with Crippen molar-refractivity contribution in [1.29, 1.82) is 5.26 Å². The zero-order valence-corrected chi connectivity index (χ0v) is 10.8. The van der Waals surface area contributed by atoms with Gasteiger partial charge < -0.3 is 0 Å². The van der Waals surface area contributed by atoms with Crippen molar-refractivity contribution in [2.75, 3.05) is 0 Å². The summed E-state index contributed by atoms with van der Waals surface area (Å²) in [7, 11) is 0. The van der Waals surface area contributed by atoms with Crippen LogP contribution in [0.1, 0.15) is 50.5 Å². The molecule has 1 aromatic rings. The second-order valence-electron chi connectivity index (χ2n) is 5.46.